The fraction of sp³-hybridized carbons (Fsp3) is 0.636. The van der Waals surface area contributed by atoms with Crippen molar-refractivity contribution >= 4 is 11.9 Å². The average Bonchev–Trinajstić information content (AvgIpc) is 2.52. The van der Waals surface area contributed by atoms with Gasteiger partial charge in [0.1, 0.15) is 6.10 Å². The highest BCUT2D eigenvalue weighted by Crippen LogP contribution is 2.62. The molecule has 2 aliphatic rings. The van der Waals surface area contributed by atoms with E-state index in [0.29, 0.717) is 12.8 Å². The van der Waals surface area contributed by atoms with Crippen molar-refractivity contribution in [2.45, 2.75) is 65.9 Å². The summed E-state index contributed by atoms with van der Waals surface area (Å²) in [6.07, 6.45) is 7.30. The average molecular weight is 360 g/mol. The van der Waals surface area contributed by atoms with Crippen LogP contribution in [-0.2, 0) is 14.3 Å². The zero-order valence-corrected chi connectivity index (χ0v) is 16.5. The third-order valence-corrected chi connectivity index (χ3v) is 6.74. The van der Waals surface area contributed by atoms with Crippen molar-refractivity contribution in [3.8, 4) is 0 Å². The minimum atomic E-state index is -0.900. The normalized spacial score (nSPS) is 37.6. The maximum atomic E-state index is 12.2. The van der Waals surface area contributed by atoms with E-state index >= 15 is 0 Å². The summed E-state index contributed by atoms with van der Waals surface area (Å²) in [5.41, 5.74) is 0.997. The van der Waals surface area contributed by atoms with E-state index in [1.165, 1.54) is 6.92 Å². The molecule has 2 aliphatic carbocycles. The summed E-state index contributed by atoms with van der Waals surface area (Å²) in [6.45, 7) is 15.5. The van der Waals surface area contributed by atoms with E-state index in [4.69, 9.17) is 4.74 Å². The molecule has 26 heavy (non-hydrogen) atoms. The van der Waals surface area contributed by atoms with E-state index in [-0.39, 0.29) is 23.2 Å². The van der Waals surface area contributed by atoms with Gasteiger partial charge in [-0.2, -0.15) is 0 Å². The quantitative estimate of drug-likeness (QED) is 0.430. The van der Waals surface area contributed by atoms with Gasteiger partial charge in [-0.15, -0.1) is 0 Å². The molecule has 0 aromatic heterocycles. The predicted molar refractivity (Wildman–Crippen MR) is 103 cm³/mol. The van der Waals surface area contributed by atoms with Crippen LogP contribution < -0.4 is 0 Å². The van der Waals surface area contributed by atoms with Crippen LogP contribution in [-0.4, -0.2) is 23.1 Å². The number of carbonyl (C=O) groups is 2. The Morgan fingerprint density at radius 2 is 1.96 bits per heavy atom. The third kappa shape index (κ3) is 3.51. The molecule has 0 unspecified atom stereocenters. The van der Waals surface area contributed by atoms with E-state index in [1.54, 1.807) is 0 Å². The third-order valence-electron chi connectivity index (χ3n) is 6.74. The molecule has 2 rings (SSSR count). The summed E-state index contributed by atoms with van der Waals surface area (Å²) in [6, 6.07) is 0. The number of carboxylic acids is 1. The highest BCUT2D eigenvalue weighted by molar-refractivity contribution is 5.75. The zero-order chi connectivity index (χ0) is 19.7. The number of ether oxygens (including phenoxy) is 1. The Bertz CT molecular complexity index is 647. The fourth-order valence-corrected chi connectivity index (χ4v) is 5.47. The van der Waals surface area contributed by atoms with Gasteiger partial charge in [0.25, 0.3) is 0 Å². The summed E-state index contributed by atoms with van der Waals surface area (Å²) >= 11 is 0. The number of allylic oxidation sites excluding steroid dienone is 3. The number of fused-ring (bicyclic) bond motifs is 1. The van der Waals surface area contributed by atoms with Crippen LogP contribution in [0.2, 0.25) is 0 Å². The maximum Gasteiger partial charge on any atom is 0.309 e. The van der Waals surface area contributed by atoms with Gasteiger partial charge in [0.2, 0.25) is 0 Å². The van der Waals surface area contributed by atoms with Gasteiger partial charge in [0.05, 0.1) is 5.41 Å². The highest BCUT2D eigenvalue weighted by atomic mass is 16.5. The molecule has 4 nitrogen and oxygen atoms in total. The van der Waals surface area contributed by atoms with Gasteiger partial charge in [-0.1, -0.05) is 49.8 Å². The van der Waals surface area contributed by atoms with Crippen molar-refractivity contribution in [2.24, 2.45) is 22.7 Å². The van der Waals surface area contributed by atoms with Crippen LogP contribution >= 0.6 is 0 Å². The zero-order valence-electron chi connectivity index (χ0n) is 16.5. The second kappa shape index (κ2) is 7.42. The van der Waals surface area contributed by atoms with Gasteiger partial charge in [-0.3, -0.25) is 9.59 Å². The summed E-state index contributed by atoms with van der Waals surface area (Å²) in [5.74, 6) is -1.20. The minimum absolute atomic E-state index is 0.174. The van der Waals surface area contributed by atoms with Crippen LogP contribution in [0.1, 0.15) is 59.8 Å². The van der Waals surface area contributed by atoms with Gasteiger partial charge in [-0.05, 0) is 44.4 Å². The number of carbonyl (C=O) groups excluding carboxylic acids is 1. The minimum Gasteiger partial charge on any atom is -0.481 e. The Morgan fingerprint density at radius 1 is 1.31 bits per heavy atom. The van der Waals surface area contributed by atoms with Crippen LogP contribution in [0.25, 0.3) is 0 Å². The van der Waals surface area contributed by atoms with E-state index in [9.17, 15) is 14.7 Å². The molecule has 5 atom stereocenters. The molecule has 4 heteroatoms. The first-order valence-electron chi connectivity index (χ1n) is 9.43. The molecule has 0 radical (unpaired) electrons. The predicted octanol–water partition coefficient (Wildman–Crippen LogP) is 4.91. The standard InChI is InChI=1S/C22H32O4/c1-7-14(2)9-10-17-15(3)13-18(26-16(4)23)19-21(17,5)11-8-12-22(19,6)20(24)25/h7,9,17-19H,1,3,8,10-13H2,2,4-6H3,(H,24,25)/t17-,18-,19+,21+,22+/m1/s1. The molecular weight excluding hydrogens is 328 g/mol. The van der Waals surface area contributed by atoms with Crippen LogP contribution in [0, 0.1) is 22.7 Å². The van der Waals surface area contributed by atoms with E-state index in [0.717, 1.165) is 30.4 Å². The number of rotatable bonds is 5. The number of hydrogen-bond donors (Lipinski definition) is 1. The topological polar surface area (TPSA) is 63.6 Å². The molecule has 0 heterocycles. The van der Waals surface area contributed by atoms with Crippen molar-refractivity contribution in [3.63, 3.8) is 0 Å². The smallest absolute Gasteiger partial charge is 0.309 e. The molecule has 0 aromatic carbocycles. The Balaban J connectivity index is 2.51. The highest BCUT2D eigenvalue weighted by Gasteiger charge is 2.61. The Morgan fingerprint density at radius 3 is 2.50 bits per heavy atom. The van der Waals surface area contributed by atoms with E-state index in [1.807, 2.05) is 19.9 Å². The summed E-state index contributed by atoms with van der Waals surface area (Å²) in [5, 5.41) is 10.0. The first-order chi connectivity index (χ1) is 12.1. The summed E-state index contributed by atoms with van der Waals surface area (Å²) < 4.78 is 5.64. The lowest BCUT2D eigenvalue weighted by atomic mass is 9.46. The first kappa shape index (κ1) is 20.5. The second-order valence-electron chi connectivity index (χ2n) is 8.51. The van der Waals surface area contributed by atoms with Gasteiger partial charge >= 0.3 is 11.9 Å². The van der Waals surface area contributed by atoms with Gasteiger partial charge in [0.15, 0.2) is 0 Å². The van der Waals surface area contributed by atoms with Gasteiger partial charge in [0, 0.05) is 19.3 Å². The second-order valence-corrected chi connectivity index (χ2v) is 8.51. The van der Waals surface area contributed by atoms with Gasteiger partial charge < -0.3 is 9.84 Å². The number of aliphatic carboxylic acids is 1. The molecule has 0 amide bonds. The SMILES string of the molecule is C=CC(C)=CC[C@@H]1C(=C)C[C@@H](OC(C)=O)[C@H]2[C@@]1(C)CCC[C@]2(C)C(=O)O. The monoisotopic (exact) mass is 360 g/mol. The van der Waals surface area contributed by atoms with Crippen molar-refractivity contribution in [1.29, 1.82) is 0 Å². The molecule has 0 aromatic rings. The molecule has 0 spiro atoms. The van der Waals surface area contributed by atoms with E-state index < -0.39 is 17.5 Å². The molecule has 2 fully saturated rings. The maximum absolute atomic E-state index is 12.2. The molecule has 0 bridgehead atoms. The van der Waals surface area contributed by atoms with Gasteiger partial charge in [-0.25, -0.2) is 0 Å². The molecular formula is C22H32O4. The largest absolute Gasteiger partial charge is 0.481 e. The Kier molecular flexibility index (Phi) is 5.84. The van der Waals surface area contributed by atoms with Crippen LogP contribution in [0.4, 0.5) is 0 Å². The lowest BCUT2D eigenvalue weighted by Gasteiger charge is -2.59. The van der Waals surface area contributed by atoms with E-state index in [2.05, 4.69) is 26.2 Å². The number of hydrogen-bond acceptors (Lipinski definition) is 3. The lowest BCUT2D eigenvalue weighted by Crippen LogP contribution is -2.59. The Hall–Kier alpha value is -1.84. The lowest BCUT2D eigenvalue weighted by molar-refractivity contribution is -0.188. The Labute approximate surface area is 157 Å². The molecule has 1 N–H and O–H groups in total. The summed E-state index contributed by atoms with van der Waals surface area (Å²) in [4.78, 5) is 23.9. The van der Waals surface area contributed by atoms with Crippen LogP contribution in [0.5, 0.6) is 0 Å². The van der Waals surface area contributed by atoms with Crippen LogP contribution in [0.3, 0.4) is 0 Å². The summed E-state index contributed by atoms with van der Waals surface area (Å²) in [7, 11) is 0. The van der Waals surface area contributed by atoms with Crippen molar-refractivity contribution in [3.05, 3.63) is 36.5 Å². The number of carboxylic acid groups (broad SMARTS) is 1. The molecule has 0 saturated heterocycles. The van der Waals surface area contributed by atoms with Crippen molar-refractivity contribution < 1.29 is 19.4 Å². The molecule has 0 aliphatic heterocycles. The number of esters is 1. The fourth-order valence-electron chi connectivity index (χ4n) is 5.47. The molecule has 2 saturated carbocycles. The van der Waals surface area contributed by atoms with Crippen molar-refractivity contribution in [2.75, 3.05) is 0 Å². The molecule has 144 valence electrons. The van der Waals surface area contributed by atoms with Crippen LogP contribution in [0.15, 0.2) is 36.5 Å². The van der Waals surface area contributed by atoms with Crippen molar-refractivity contribution in [1.82, 2.24) is 0 Å². The first-order valence-corrected chi connectivity index (χ1v) is 9.43.